The Balaban J connectivity index is 2.03. The molecule has 2 rings (SSSR count). The molecule has 0 aliphatic carbocycles. The van der Waals surface area contributed by atoms with Crippen molar-refractivity contribution in [2.45, 2.75) is 19.1 Å². The molecule has 2 aromatic rings. The highest BCUT2D eigenvalue weighted by atomic mass is 31.2. The van der Waals surface area contributed by atoms with Gasteiger partial charge in [-0.25, -0.2) is 9.97 Å². The van der Waals surface area contributed by atoms with Crippen molar-refractivity contribution in [3.8, 4) is 0 Å². The zero-order valence-corrected chi connectivity index (χ0v) is 15.8. The van der Waals surface area contributed by atoms with Crippen molar-refractivity contribution < 1.29 is 38.2 Å². The van der Waals surface area contributed by atoms with Crippen LogP contribution in [0.15, 0.2) is 17.4 Å². The molecule has 0 saturated carbocycles. The lowest BCUT2D eigenvalue weighted by molar-refractivity contribution is -0.0166. The summed E-state index contributed by atoms with van der Waals surface area (Å²) in [5.74, 6) is 0. The van der Waals surface area contributed by atoms with E-state index in [2.05, 4.69) is 15.0 Å². The van der Waals surface area contributed by atoms with Gasteiger partial charge in [0.15, 0.2) is 11.2 Å². The number of imidazole rings is 1. The van der Waals surface area contributed by atoms with E-state index in [0.717, 1.165) is 0 Å². The molecule has 2 aromatic heterocycles. The molecule has 27 heavy (non-hydrogen) atoms. The van der Waals surface area contributed by atoms with Crippen LogP contribution in [0.5, 0.6) is 0 Å². The summed E-state index contributed by atoms with van der Waals surface area (Å²) in [6.45, 7) is -0.0937. The first kappa shape index (κ1) is 21.9. The highest BCUT2D eigenvalue weighted by Gasteiger charge is 2.19. The van der Waals surface area contributed by atoms with Crippen LogP contribution in [0.3, 0.4) is 0 Å². The maximum atomic E-state index is 11.7. The van der Waals surface area contributed by atoms with Crippen LogP contribution in [0.1, 0.15) is 6.42 Å². The van der Waals surface area contributed by atoms with E-state index in [1.165, 1.54) is 17.2 Å². The third-order valence-electron chi connectivity index (χ3n) is 3.32. The standard InChI is InChI=1S/C12H20N4O9P2/c17-12-10-11(13-6-14-12)16(7-15-10)4-9(5-24-8-27(21,22)23)25-2-1-3-26(18,19)20/h6-7,9H,1-5,8H2,(H,13,14,17)(H2,18,19,20)(H2,21,22,23)/t9-/m1/s1. The molecular weight excluding hydrogens is 406 g/mol. The van der Waals surface area contributed by atoms with Crippen molar-refractivity contribution in [3.63, 3.8) is 0 Å². The second-order valence-electron chi connectivity index (χ2n) is 5.70. The number of hydrogen-bond donors (Lipinski definition) is 5. The predicted octanol–water partition coefficient (Wildman–Crippen LogP) is -0.776. The third-order valence-corrected chi connectivity index (χ3v) is 4.74. The van der Waals surface area contributed by atoms with E-state index in [0.29, 0.717) is 0 Å². The lowest BCUT2D eigenvalue weighted by Gasteiger charge is -2.19. The van der Waals surface area contributed by atoms with E-state index < -0.39 is 33.2 Å². The minimum absolute atomic E-state index is 0.00428. The smallest absolute Gasteiger partial charge is 0.350 e. The predicted molar refractivity (Wildman–Crippen MR) is 92.3 cm³/mol. The molecule has 0 spiro atoms. The van der Waals surface area contributed by atoms with Gasteiger partial charge < -0.3 is 38.6 Å². The van der Waals surface area contributed by atoms with Crippen LogP contribution in [-0.2, 0) is 25.1 Å². The van der Waals surface area contributed by atoms with Crippen LogP contribution in [0.25, 0.3) is 11.2 Å². The van der Waals surface area contributed by atoms with E-state index in [1.807, 2.05) is 0 Å². The number of nitrogens with zero attached hydrogens (tertiary/aromatic N) is 3. The summed E-state index contributed by atoms with van der Waals surface area (Å²) in [6.07, 6.45) is 0.797. The van der Waals surface area contributed by atoms with Gasteiger partial charge in [0, 0.05) is 6.61 Å². The van der Waals surface area contributed by atoms with E-state index in [4.69, 9.17) is 29.0 Å². The monoisotopic (exact) mass is 426 g/mol. The molecule has 0 aliphatic rings. The maximum absolute atomic E-state index is 11.7. The van der Waals surface area contributed by atoms with Gasteiger partial charge in [0.1, 0.15) is 6.35 Å². The van der Waals surface area contributed by atoms with Gasteiger partial charge in [-0.05, 0) is 6.42 Å². The van der Waals surface area contributed by atoms with Crippen molar-refractivity contribution in [1.82, 2.24) is 19.5 Å². The Bertz CT molecular complexity index is 902. The number of fused-ring (bicyclic) bond motifs is 1. The number of nitrogens with one attached hydrogen (secondary N) is 1. The molecule has 5 N–H and O–H groups in total. The molecule has 0 unspecified atom stereocenters. The Labute approximate surface area is 152 Å². The molecule has 1 atom stereocenters. The first-order valence-electron chi connectivity index (χ1n) is 7.72. The summed E-state index contributed by atoms with van der Waals surface area (Å²) in [6, 6.07) is 0. The molecule has 0 aromatic carbocycles. The molecule has 2 heterocycles. The van der Waals surface area contributed by atoms with Crippen LogP contribution >= 0.6 is 15.2 Å². The molecular formula is C12H20N4O9P2. The number of rotatable bonds is 11. The molecule has 0 aliphatic heterocycles. The fraction of sp³-hybridized carbons (Fsp3) is 0.583. The van der Waals surface area contributed by atoms with Gasteiger partial charge in [-0.2, -0.15) is 0 Å². The van der Waals surface area contributed by atoms with Gasteiger partial charge in [0.2, 0.25) is 0 Å². The Morgan fingerprint density at radius 2 is 1.93 bits per heavy atom. The van der Waals surface area contributed by atoms with Gasteiger partial charge in [-0.3, -0.25) is 13.9 Å². The summed E-state index contributed by atoms with van der Waals surface area (Å²) < 4.78 is 33.8. The van der Waals surface area contributed by atoms with E-state index in [-0.39, 0.29) is 43.5 Å². The van der Waals surface area contributed by atoms with Crippen molar-refractivity contribution in [2.24, 2.45) is 0 Å². The molecule has 0 saturated heterocycles. The third kappa shape index (κ3) is 7.60. The summed E-state index contributed by atoms with van der Waals surface area (Å²) in [7, 11) is -8.49. The normalized spacial score (nSPS) is 13.9. The van der Waals surface area contributed by atoms with Crippen molar-refractivity contribution in [1.29, 1.82) is 0 Å². The fourth-order valence-electron chi connectivity index (χ4n) is 2.22. The second-order valence-corrected chi connectivity index (χ2v) is 9.06. The fourth-order valence-corrected chi connectivity index (χ4v) is 3.11. The van der Waals surface area contributed by atoms with Crippen LogP contribution < -0.4 is 5.56 Å². The average molecular weight is 426 g/mol. The minimum atomic E-state index is -4.35. The van der Waals surface area contributed by atoms with E-state index in [1.54, 1.807) is 0 Å². The number of H-pyrrole nitrogens is 1. The van der Waals surface area contributed by atoms with Crippen molar-refractivity contribution in [2.75, 3.05) is 25.7 Å². The first-order chi connectivity index (χ1) is 12.6. The number of hydrogen-bond acceptors (Lipinski definition) is 7. The molecule has 0 fully saturated rings. The van der Waals surface area contributed by atoms with Gasteiger partial charge in [-0.15, -0.1) is 0 Å². The SMILES string of the molecule is O=c1[nH]cnc2c1ncn2C[C@H](COCP(=O)(O)O)OCCCP(=O)(O)O. The molecule has 15 heteroatoms. The second kappa shape index (κ2) is 9.18. The van der Waals surface area contributed by atoms with Gasteiger partial charge in [-0.1, -0.05) is 0 Å². The van der Waals surface area contributed by atoms with Gasteiger partial charge in [0.05, 0.1) is 38.1 Å². The van der Waals surface area contributed by atoms with Gasteiger partial charge in [0.25, 0.3) is 5.56 Å². The van der Waals surface area contributed by atoms with E-state index >= 15 is 0 Å². The van der Waals surface area contributed by atoms with Crippen LogP contribution in [0.2, 0.25) is 0 Å². The molecule has 0 amide bonds. The van der Waals surface area contributed by atoms with Gasteiger partial charge >= 0.3 is 15.2 Å². The molecule has 152 valence electrons. The largest absolute Gasteiger partial charge is 0.374 e. The number of aromatic amines is 1. The summed E-state index contributed by atoms with van der Waals surface area (Å²) in [5, 5.41) is 0. The summed E-state index contributed by atoms with van der Waals surface area (Å²) in [4.78, 5) is 57.5. The summed E-state index contributed by atoms with van der Waals surface area (Å²) >= 11 is 0. The van der Waals surface area contributed by atoms with Crippen LogP contribution in [-0.4, -0.2) is 70.9 Å². The minimum Gasteiger partial charge on any atom is -0.374 e. The zero-order chi connectivity index (χ0) is 20.1. The Kier molecular flexibility index (Phi) is 7.43. The maximum Gasteiger partial charge on any atom is 0.350 e. The van der Waals surface area contributed by atoms with E-state index in [9.17, 15) is 13.9 Å². The highest BCUT2D eigenvalue weighted by Crippen LogP contribution is 2.35. The molecule has 0 bridgehead atoms. The van der Waals surface area contributed by atoms with Crippen molar-refractivity contribution in [3.05, 3.63) is 23.0 Å². The van der Waals surface area contributed by atoms with Crippen molar-refractivity contribution >= 4 is 26.4 Å². The Morgan fingerprint density at radius 3 is 2.59 bits per heavy atom. The first-order valence-corrected chi connectivity index (χ1v) is 11.3. The van der Waals surface area contributed by atoms with Crippen LogP contribution in [0.4, 0.5) is 0 Å². The molecule has 13 nitrogen and oxygen atoms in total. The van der Waals surface area contributed by atoms with Crippen LogP contribution in [0, 0.1) is 0 Å². The summed E-state index contributed by atoms with van der Waals surface area (Å²) in [5.41, 5.74) is -0.0120. The quantitative estimate of drug-likeness (QED) is 0.223. The zero-order valence-electron chi connectivity index (χ0n) is 14.0. The number of aromatic nitrogens is 4. The Morgan fingerprint density at radius 1 is 1.19 bits per heavy atom. The molecule has 0 radical (unpaired) electrons. The highest BCUT2D eigenvalue weighted by molar-refractivity contribution is 7.51. The lowest BCUT2D eigenvalue weighted by atomic mass is 10.3. The topological polar surface area (TPSA) is 197 Å². The number of ether oxygens (including phenoxy) is 2. The average Bonchev–Trinajstić information content (AvgIpc) is 2.93. The lowest BCUT2D eigenvalue weighted by Crippen LogP contribution is -2.27. The Hall–Kier alpha value is -1.43.